The number of nitriles is 1. The lowest BCUT2D eigenvalue weighted by molar-refractivity contribution is 0.452. The van der Waals surface area contributed by atoms with E-state index in [0.29, 0.717) is 6.04 Å². The van der Waals surface area contributed by atoms with Gasteiger partial charge < -0.3 is 10.2 Å². The largest absolute Gasteiger partial charge is 0.369 e. The summed E-state index contributed by atoms with van der Waals surface area (Å²) in [5.74, 6) is 0. The molecule has 0 amide bonds. The fourth-order valence-electron chi connectivity index (χ4n) is 3.13. The van der Waals surface area contributed by atoms with Crippen LogP contribution in [-0.2, 0) is 0 Å². The van der Waals surface area contributed by atoms with E-state index in [9.17, 15) is 5.26 Å². The van der Waals surface area contributed by atoms with Gasteiger partial charge in [0.25, 0.3) is 0 Å². The molecule has 0 radical (unpaired) electrons. The lowest BCUT2D eigenvalue weighted by Gasteiger charge is -2.31. The first-order chi connectivity index (χ1) is 9.14. The van der Waals surface area contributed by atoms with Gasteiger partial charge in [-0.3, -0.25) is 0 Å². The molecule has 102 valence electrons. The first-order valence-corrected chi connectivity index (χ1v) is 7.07. The second kappa shape index (κ2) is 5.63. The molecule has 0 bridgehead atoms. The highest BCUT2D eigenvalue weighted by atomic mass is 15.2. The van der Waals surface area contributed by atoms with E-state index in [0.717, 1.165) is 25.8 Å². The summed E-state index contributed by atoms with van der Waals surface area (Å²) in [5.41, 5.74) is 2.23. The summed E-state index contributed by atoms with van der Waals surface area (Å²) in [6.45, 7) is 5.30. The van der Waals surface area contributed by atoms with Crippen molar-refractivity contribution in [3.05, 3.63) is 29.8 Å². The van der Waals surface area contributed by atoms with Crippen molar-refractivity contribution < 1.29 is 0 Å². The second-order valence-corrected chi connectivity index (χ2v) is 5.47. The lowest BCUT2D eigenvalue weighted by Crippen LogP contribution is -2.42. The van der Waals surface area contributed by atoms with E-state index in [2.05, 4.69) is 54.4 Å². The zero-order valence-corrected chi connectivity index (χ0v) is 12.1. The van der Waals surface area contributed by atoms with Crippen molar-refractivity contribution in [3.8, 4) is 6.07 Å². The van der Waals surface area contributed by atoms with Gasteiger partial charge in [-0.1, -0.05) is 12.1 Å². The zero-order chi connectivity index (χ0) is 13.9. The molecule has 3 heteroatoms. The smallest absolute Gasteiger partial charge is 0.108 e. The summed E-state index contributed by atoms with van der Waals surface area (Å²) in [7, 11) is 1.90. The monoisotopic (exact) mass is 257 g/mol. The fourth-order valence-corrected chi connectivity index (χ4v) is 3.13. The van der Waals surface area contributed by atoms with Crippen LogP contribution in [0.1, 0.15) is 31.7 Å². The molecule has 2 rings (SSSR count). The number of hydrogen-bond acceptors (Lipinski definition) is 3. The number of anilines is 1. The minimum atomic E-state index is -0.331. The van der Waals surface area contributed by atoms with Crippen molar-refractivity contribution in [3.63, 3.8) is 0 Å². The molecule has 0 saturated heterocycles. The molecule has 19 heavy (non-hydrogen) atoms. The van der Waals surface area contributed by atoms with E-state index in [4.69, 9.17) is 0 Å². The molecule has 1 aliphatic carbocycles. The Balaban J connectivity index is 2.19. The van der Waals surface area contributed by atoms with E-state index < -0.39 is 0 Å². The van der Waals surface area contributed by atoms with Crippen molar-refractivity contribution in [1.82, 2.24) is 5.32 Å². The van der Waals surface area contributed by atoms with Crippen LogP contribution < -0.4 is 10.2 Å². The Morgan fingerprint density at radius 1 is 1.53 bits per heavy atom. The SMILES string of the molecule is CCN(c1cccc(C)c1)C1CCC(C#N)(NC)C1. The highest BCUT2D eigenvalue weighted by molar-refractivity contribution is 5.49. The van der Waals surface area contributed by atoms with E-state index in [1.165, 1.54) is 11.3 Å². The Kier molecular flexibility index (Phi) is 4.11. The van der Waals surface area contributed by atoms with Gasteiger partial charge in [0.15, 0.2) is 0 Å². The first kappa shape index (κ1) is 13.9. The average molecular weight is 257 g/mol. The molecule has 2 unspecified atom stereocenters. The Morgan fingerprint density at radius 2 is 2.32 bits per heavy atom. The molecule has 1 fully saturated rings. The number of nitrogens with one attached hydrogen (secondary N) is 1. The van der Waals surface area contributed by atoms with Crippen LogP contribution in [0.3, 0.4) is 0 Å². The predicted molar refractivity (Wildman–Crippen MR) is 79.2 cm³/mol. The molecule has 0 heterocycles. The molecule has 3 nitrogen and oxygen atoms in total. The summed E-state index contributed by atoms with van der Waals surface area (Å²) >= 11 is 0. The molecular formula is C16H23N3. The Hall–Kier alpha value is -1.53. The maximum Gasteiger partial charge on any atom is 0.108 e. The number of rotatable bonds is 4. The second-order valence-electron chi connectivity index (χ2n) is 5.47. The minimum absolute atomic E-state index is 0.331. The van der Waals surface area contributed by atoms with E-state index in [1.807, 2.05) is 7.05 Å². The molecule has 1 aromatic carbocycles. The van der Waals surface area contributed by atoms with Crippen LogP contribution in [0, 0.1) is 18.3 Å². The van der Waals surface area contributed by atoms with Crippen molar-refractivity contribution in [1.29, 1.82) is 5.26 Å². The van der Waals surface area contributed by atoms with Gasteiger partial charge >= 0.3 is 0 Å². The minimum Gasteiger partial charge on any atom is -0.369 e. The summed E-state index contributed by atoms with van der Waals surface area (Å²) < 4.78 is 0. The van der Waals surface area contributed by atoms with Gasteiger partial charge in [0, 0.05) is 18.3 Å². The van der Waals surface area contributed by atoms with Gasteiger partial charge in [-0.15, -0.1) is 0 Å². The third-order valence-electron chi connectivity index (χ3n) is 4.30. The first-order valence-electron chi connectivity index (χ1n) is 7.07. The molecule has 1 saturated carbocycles. The molecular weight excluding hydrogens is 234 g/mol. The number of aryl methyl sites for hydroxylation is 1. The highest BCUT2D eigenvalue weighted by Crippen LogP contribution is 2.34. The van der Waals surface area contributed by atoms with Crippen molar-refractivity contribution in [2.75, 3.05) is 18.5 Å². The molecule has 0 aromatic heterocycles. The molecule has 0 aliphatic heterocycles. The van der Waals surface area contributed by atoms with Crippen LogP contribution in [0.15, 0.2) is 24.3 Å². The molecule has 2 atom stereocenters. The summed E-state index contributed by atoms with van der Waals surface area (Å²) in [6.07, 6.45) is 2.92. The summed E-state index contributed by atoms with van der Waals surface area (Å²) in [5, 5.41) is 12.6. The van der Waals surface area contributed by atoms with Crippen LogP contribution in [0.2, 0.25) is 0 Å². The van der Waals surface area contributed by atoms with Crippen molar-refractivity contribution in [2.24, 2.45) is 0 Å². The normalized spacial score (nSPS) is 26.1. The maximum atomic E-state index is 9.37. The van der Waals surface area contributed by atoms with Crippen LogP contribution in [-0.4, -0.2) is 25.2 Å². The molecule has 1 aliphatic rings. The topological polar surface area (TPSA) is 39.1 Å². The zero-order valence-electron chi connectivity index (χ0n) is 12.1. The van der Waals surface area contributed by atoms with Crippen LogP contribution in [0.5, 0.6) is 0 Å². The Bertz CT molecular complexity index is 477. The van der Waals surface area contributed by atoms with Crippen LogP contribution >= 0.6 is 0 Å². The van der Waals surface area contributed by atoms with Gasteiger partial charge in [0.05, 0.1) is 6.07 Å². The molecule has 1 N–H and O–H groups in total. The van der Waals surface area contributed by atoms with Gasteiger partial charge in [-0.05, 0) is 57.9 Å². The number of benzene rings is 1. The van der Waals surface area contributed by atoms with Crippen LogP contribution in [0.25, 0.3) is 0 Å². The number of hydrogen-bond donors (Lipinski definition) is 1. The fraction of sp³-hybridized carbons (Fsp3) is 0.562. The molecule has 1 aromatic rings. The summed E-state index contributed by atoms with van der Waals surface area (Å²) in [6, 6.07) is 11.6. The summed E-state index contributed by atoms with van der Waals surface area (Å²) in [4.78, 5) is 2.43. The quantitative estimate of drug-likeness (QED) is 0.901. The standard InChI is InChI=1S/C16H23N3/c1-4-19(14-7-5-6-13(2)10-14)15-8-9-16(11-15,12-17)18-3/h5-7,10,15,18H,4,8-9,11H2,1-3H3. The van der Waals surface area contributed by atoms with Gasteiger partial charge in [-0.25, -0.2) is 0 Å². The predicted octanol–water partition coefficient (Wildman–Crippen LogP) is 2.86. The van der Waals surface area contributed by atoms with Gasteiger partial charge in [0.2, 0.25) is 0 Å². The lowest BCUT2D eigenvalue weighted by atomic mass is 9.99. The van der Waals surface area contributed by atoms with Gasteiger partial charge in [0.1, 0.15) is 5.54 Å². The Labute approximate surface area is 116 Å². The third-order valence-corrected chi connectivity index (χ3v) is 4.30. The van der Waals surface area contributed by atoms with Crippen molar-refractivity contribution in [2.45, 2.75) is 44.7 Å². The van der Waals surface area contributed by atoms with Crippen LogP contribution in [0.4, 0.5) is 5.69 Å². The van der Waals surface area contributed by atoms with E-state index >= 15 is 0 Å². The molecule has 0 spiro atoms. The van der Waals surface area contributed by atoms with E-state index in [-0.39, 0.29) is 5.54 Å². The number of nitrogens with zero attached hydrogens (tertiary/aromatic N) is 2. The average Bonchev–Trinajstić information content (AvgIpc) is 2.85. The third kappa shape index (κ3) is 2.74. The maximum absolute atomic E-state index is 9.37. The van der Waals surface area contributed by atoms with E-state index in [1.54, 1.807) is 0 Å². The highest BCUT2D eigenvalue weighted by Gasteiger charge is 2.40. The van der Waals surface area contributed by atoms with Gasteiger partial charge in [-0.2, -0.15) is 5.26 Å². The van der Waals surface area contributed by atoms with Crippen molar-refractivity contribution >= 4 is 5.69 Å². The Morgan fingerprint density at radius 3 is 2.84 bits per heavy atom.